The monoisotopic (exact) mass is 490 g/mol. The summed E-state index contributed by atoms with van der Waals surface area (Å²) >= 11 is 1.29. The number of fused-ring (bicyclic) bond motifs is 1. The number of carbonyl (C=O) groups is 2. The lowest BCUT2D eigenvalue weighted by atomic mass is 10.1. The van der Waals surface area contributed by atoms with Crippen LogP contribution in [-0.2, 0) is 29.1 Å². The zero-order valence-electron chi connectivity index (χ0n) is 19.9. The first kappa shape index (κ1) is 24.3. The number of thiazole rings is 1. The minimum atomic E-state index is -0.640. The van der Waals surface area contributed by atoms with E-state index >= 15 is 0 Å². The molecule has 35 heavy (non-hydrogen) atoms. The zero-order valence-corrected chi connectivity index (χ0v) is 20.7. The van der Waals surface area contributed by atoms with Crippen LogP contribution in [0.3, 0.4) is 0 Å². The van der Waals surface area contributed by atoms with Gasteiger partial charge in [-0.25, -0.2) is 14.5 Å². The van der Waals surface area contributed by atoms with Gasteiger partial charge in [-0.1, -0.05) is 44.2 Å². The SMILES string of the molecule is CCCn1nc(C(=O)OCc2csc(N(C(C)=O)c3ccc(CC)cc3)n2)c2ccccc2c1=O. The summed E-state index contributed by atoms with van der Waals surface area (Å²) < 4.78 is 6.81. The third-order valence-electron chi connectivity index (χ3n) is 5.50. The number of aromatic nitrogens is 3. The van der Waals surface area contributed by atoms with Crippen LogP contribution in [0.5, 0.6) is 0 Å². The highest BCUT2D eigenvalue weighted by atomic mass is 32.1. The molecule has 0 spiro atoms. The summed E-state index contributed by atoms with van der Waals surface area (Å²) in [6, 6.07) is 14.6. The molecule has 2 aromatic carbocycles. The number of anilines is 2. The molecule has 4 aromatic rings. The normalized spacial score (nSPS) is 10.9. The molecule has 2 aromatic heterocycles. The molecule has 0 unspecified atom stereocenters. The van der Waals surface area contributed by atoms with Crippen LogP contribution in [0, 0.1) is 0 Å². The molecule has 0 bridgehead atoms. The first-order valence-electron chi connectivity index (χ1n) is 11.4. The second-order valence-corrected chi connectivity index (χ2v) is 8.83. The van der Waals surface area contributed by atoms with Crippen molar-refractivity contribution in [3.8, 4) is 0 Å². The molecule has 0 aliphatic carbocycles. The average Bonchev–Trinajstić information content (AvgIpc) is 3.33. The molecule has 180 valence electrons. The average molecular weight is 491 g/mol. The molecule has 0 saturated heterocycles. The van der Waals surface area contributed by atoms with Crippen LogP contribution in [-0.4, -0.2) is 26.6 Å². The van der Waals surface area contributed by atoms with E-state index in [4.69, 9.17) is 4.74 Å². The van der Waals surface area contributed by atoms with E-state index in [0.717, 1.165) is 12.1 Å². The Morgan fingerprint density at radius 2 is 1.77 bits per heavy atom. The number of aryl methyl sites for hydroxylation is 2. The molecule has 0 N–H and O–H groups in total. The summed E-state index contributed by atoms with van der Waals surface area (Å²) in [6.07, 6.45) is 1.61. The Balaban J connectivity index is 1.55. The molecule has 0 aliphatic rings. The highest BCUT2D eigenvalue weighted by Crippen LogP contribution is 2.29. The molecule has 1 amide bonds. The van der Waals surface area contributed by atoms with Crippen molar-refractivity contribution in [2.24, 2.45) is 0 Å². The largest absolute Gasteiger partial charge is 0.454 e. The molecule has 0 aliphatic heterocycles. The molecule has 0 fully saturated rings. The van der Waals surface area contributed by atoms with Crippen LogP contribution < -0.4 is 10.5 Å². The summed E-state index contributed by atoms with van der Waals surface area (Å²) in [5, 5.41) is 7.39. The molecule has 0 radical (unpaired) electrons. The van der Waals surface area contributed by atoms with Gasteiger partial charge in [-0.15, -0.1) is 11.3 Å². The van der Waals surface area contributed by atoms with Gasteiger partial charge >= 0.3 is 5.97 Å². The number of rotatable bonds is 8. The number of esters is 1. The molecule has 0 saturated carbocycles. The van der Waals surface area contributed by atoms with Crippen molar-refractivity contribution in [1.29, 1.82) is 0 Å². The van der Waals surface area contributed by atoms with Gasteiger partial charge in [0.15, 0.2) is 10.8 Å². The molecule has 8 nitrogen and oxygen atoms in total. The number of amides is 1. The standard InChI is InChI=1S/C26H26N4O4S/c1-4-14-29-24(32)22-9-7-6-8-21(22)23(28-29)25(33)34-15-19-16-35-26(27-19)30(17(3)31)20-12-10-18(5-2)11-13-20/h6-13,16H,4-5,14-15H2,1-3H3. The maximum Gasteiger partial charge on any atom is 0.359 e. The van der Waals surface area contributed by atoms with Gasteiger partial charge in [-0.2, -0.15) is 5.10 Å². The van der Waals surface area contributed by atoms with Gasteiger partial charge in [-0.05, 0) is 36.6 Å². The lowest BCUT2D eigenvalue weighted by Gasteiger charge is -2.18. The van der Waals surface area contributed by atoms with Crippen molar-refractivity contribution in [3.05, 3.63) is 81.2 Å². The Kier molecular flexibility index (Phi) is 7.36. The summed E-state index contributed by atoms with van der Waals surface area (Å²) in [7, 11) is 0. The number of ether oxygens (including phenoxy) is 1. The number of hydrogen-bond donors (Lipinski definition) is 0. The summed E-state index contributed by atoms with van der Waals surface area (Å²) in [6.45, 7) is 5.81. The van der Waals surface area contributed by atoms with Crippen molar-refractivity contribution in [2.75, 3.05) is 4.90 Å². The molecule has 0 atom stereocenters. The van der Waals surface area contributed by atoms with E-state index in [0.29, 0.717) is 34.6 Å². The fraction of sp³-hybridized carbons (Fsp3) is 0.269. The summed E-state index contributed by atoms with van der Waals surface area (Å²) in [5.41, 5.74) is 2.27. The van der Waals surface area contributed by atoms with Crippen LogP contribution in [0.15, 0.2) is 58.7 Å². The predicted octanol–water partition coefficient (Wildman–Crippen LogP) is 4.87. The second-order valence-electron chi connectivity index (χ2n) is 7.99. The van der Waals surface area contributed by atoms with Crippen LogP contribution >= 0.6 is 11.3 Å². The van der Waals surface area contributed by atoms with Crippen LogP contribution in [0.1, 0.15) is 48.9 Å². The van der Waals surface area contributed by atoms with E-state index < -0.39 is 5.97 Å². The molecular weight excluding hydrogens is 464 g/mol. The van der Waals surface area contributed by atoms with Crippen molar-refractivity contribution in [2.45, 2.75) is 46.8 Å². The fourth-order valence-electron chi connectivity index (χ4n) is 3.73. The first-order valence-corrected chi connectivity index (χ1v) is 12.3. The van der Waals surface area contributed by atoms with Gasteiger partial charge < -0.3 is 4.74 Å². The van der Waals surface area contributed by atoms with Gasteiger partial charge in [0.2, 0.25) is 5.91 Å². The lowest BCUT2D eigenvalue weighted by molar-refractivity contribution is -0.115. The van der Waals surface area contributed by atoms with Crippen LogP contribution in [0.2, 0.25) is 0 Å². The second kappa shape index (κ2) is 10.6. The van der Waals surface area contributed by atoms with Crippen molar-refractivity contribution < 1.29 is 14.3 Å². The maximum atomic E-state index is 12.9. The highest BCUT2D eigenvalue weighted by Gasteiger charge is 2.21. The van der Waals surface area contributed by atoms with Crippen molar-refractivity contribution >= 4 is 44.8 Å². The quantitative estimate of drug-likeness (QED) is 0.327. The van der Waals surface area contributed by atoms with Gasteiger partial charge in [0, 0.05) is 24.2 Å². The van der Waals surface area contributed by atoms with Gasteiger partial charge in [0.25, 0.3) is 5.56 Å². The van der Waals surface area contributed by atoms with E-state index in [1.165, 1.54) is 33.4 Å². The Bertz CT molecular complexity index is 1430. The van der Waals surface area contributed by atoms with Crippen molar-refractivity contribution in [1.82, 2.24) is 14.8 Å². The van der Waals surface area contributed by atoms with E-state index in [-0.39, 0.29) is 23.8 Å². The summed E-state index contributed by atoms with van der Waals surface area (Å²) in [4.78, 5) is 44.0. The predicted molar refractivity (Wildman–Crippen MR) is 136 cm³/mol. The minimum absolute atomic E-state index is 0.0846. The van der Waals surface area contributed by atoms with Gasteiger partial charge in [0.05, 0.1) is 16.8 Å². The number of nitrogens with zero attached hydrogens (tertiary/aromatic N) is 4. The summed E-state index contributed by atoms with van der Waals surface area (Å²) in [5.74, 6) is -0.805. The molecule has 9 heteroatoms. The molecular formula is C26H26N4O4S. The van der Waals surface area contributed by atoms with Gasteiger partial charge in [0.1, 0.15) is 6.61 Å². The topological polar surface area (TPSA) is 94.4 Å². The zero-order chi connectivity index (χ0) is 24.9. The van der Waals surface area contributed by atoms with Crippen LogP contribution in [0.25, 0.3) is 10.8 Å². The molecule has 4 rings (SSSR count). The Labute approximate surface area is 206 Å². The van der Waals surface area contributed by atoms with Gasteiger partial charge in [-0.3, -0.25) is 14.5 Å². The van der Waals surface area contributed by atoms with E-state index in [1.807, 2.05) is 31.2 Å². The van der Waals surface area contributed by atoms with Crippen LogP contribution in [0.4, 0.5) is 10.8 Å². The Morgan fingerprint density at radius 1 is 1.06 bits per heavy atom. The Hall–Kier alpha value is -3.85. The third kappa shape index (κ3) is 5.14. The molecule has 2 heterocycles. The van der Waals surface area contributed by atoms with E-state index in [2.05, 4.69) is 17.0 Å². The fourth-order valence-corrected chi connectivity index (χ4v) is 4.60. The van der Waals surface area contributed by atoms with E-state index in [9.17, 15) is 14.4 Å². The van der Waals surface area contributed by atoms with E-state index in [1.54, 1.807) is 29.6 Å². The smallest absolute Gasteiger partial charge is 0.359 e. The van der Waals surface area contributed by atoms with Crippen molar-refractivity contribution in [3.63, 3.8) is 0 Å². The Morgan fingerprint density at radius 3 is 2.43 bits per heavy atom. The maximum absolute atomic E-state index is 12.9. The number of hydrogen-bond acceptors (Lipinski definition) is 7. The minimum Gasteiger partial charge on any atom is -0.454 e. The highest BCUT2D eigenvalue weighted by molar-refractivity contribution is 7.14. The number of benzene rings is 2. The number of carbonyl (C=O) groups excluding carboxylic acids is 2. The lowest BCUT2D eigenvalue weighted by Crippen LogP contribution is -2.26. The first-order chi connectivity index (χ1) is 16.9. The third-order valence-corrected chi connectivity index (χ3v) is 6.37.